The average Bonchev–Trinajstić information content (AvgIpc) is 3.66. The lowest BCUT2D eigenvalue weighted by atomic mass is 10.1. The zero-order valence-electron chi connectivity index (χ0n) is 20.0. The molecule has 192 valence electrons. The number of aliphatic imine (C=N–C) groups is 1. The molecule has 0 spiro atoms. The lowest BCUT2D eigenvalue weighted by Gasteiger charge is -2.34. The van der Waals surface area contributed by atoms with Crippen molar-refractivity contribution < 1.29 is 27.1 Å². The number of alkyl halides is 3. The van der Waals surface area contributed by atoms with E-state index >= 15 is 0 Å². The number of carbonyl (C=O) groups excluding carboxylic acids is 1. The Morgan fingerprint density at radius 1 is 1.11 bits per heavy atom. The van der Waals surface area contributed by atoms with Crippen LogP contribution in [0.3, 0.4) is 0 Å². The second kappa shape index (κ2) is 9.51. The molecular weight excluding hydrogens is 488 g/mol. The van der Waals surface area contributed by atoms with Gasteiger partial charge in [0.25, 0.3) is 0 Å². The van der Waals surface area contributed by atoms with Crippen molar-refractivity contribution in [3.8, 4) is 0 Å². The van der Waals surface area contributed by atoms with Crippen LogP contribution in [0.2, 0.25) is 0 Å². The molecule has 3 atom stereocenters. The van der Waals surface area contributed by atoms with Crippen molar-refractivity contribution in [2.24, 2.45) is 4.99 Å². The number of ether oxygens (including phenoxy) is 1. The molecule has 37 heavy (non-hydrogen) atoms. The number of epoxide rings is 1. The highest BCUT2D eigenvalue weighted by Crippen LogP contribution is 2.49. The van der Waals surface area contributed by atoms with Gasteiger partial charge in [0.15, 0.2) is 6.23 Å². The van der Waals surface area contributed by atoms with Crippen LogP contribution in [0.1, 0.15) is 31.1 Å². The number of benzene rings is 3. The number of nitrogens with zero attached hydrogens (tertiary/aromatic N) is 3. The van der Waals surface area contributed by atoms with Gasteiger partial charge >= 0.3 is 12.2 Å². The third-order valence-corrected chi connectivity index (χ3v) is 6.44. The fourth-order valence-corrected chi connectivity index (χ4v) is 4.54. The molecule has 1 N–H and O–H groups in total. The maximum absolute atomic E-state index is 13.7. The minimum atomic E-state index is -4.53. The fourth-order valence-electron chi connectivity index (χ4n) is 4.54. The summed E-state index contributed by atoms with van der Waals surface area (Å²) in [5, 5.41) is 2.58. The maximum atomic E-state index is 13.7. The molecule has 0 bridgehead atoms. The van der Waals surface area contributed by atoms with Gasteiger partial charge in [-0.2, -0.15) is 13.2 Å². The summed E-state index contributed by atoms with van der Waals surface area (Å²) >= 11 is 0. The molecule has 1 saturated heterocycles. The average molecular weight is 513 g/mol. The SMILES string of the molecule is CCN(C(=O)Nc1cccc(C(F)(F)F)c1)C(C)C1=Nc2ccccc2C2OC2N1c1ccc(F)cc1. The number of rotatable bonds is 5. The van der Waals surface area contributed by atoms with E-state index in [1.165, 1.54) is 29.2 Å². The summed E-state index contributed by atoms with van der Waals surface area (Å²) in [6, 6.07) is 16.7. The first-order valence-electron chi connectivity index (χ1n) is 11.8. The molecule has 0 radical (unpaired) electrons. The summed E-state index contributed by atoms with van der Waals surface area (Å²) in [5.41, 5.74) is 1.40. The van der Waals surface area contributed by atoms with Gasteiger partial charge in [0, 0.05) is 23.5 Å². The van der Waals surface area contributed by atoms with E-state index in [4.69, 9.17) is 9.73 Å². The number of urea groups is 1. The van der Waals surface area contributed by atoms with Crippen molar-refractivity contribution in [2.75, 3.05) is 16.8 Å². The predicted octanol–water partition coefficient (Wildman–Crippen LogP) is 6.73. The number of amidine groups is 1. The highest BCUT2D eigenvalue weighted by atomic mass is 19.4. The quantitative estimate of drug-likeness (QED) is 0.304. The van der Waals surface area contributed by atoms with Crippen LogP contribution in [0.5, 0.6) is 0 Å². The molecule has 0 aromatic heterocycles. The molecule has 10 heteroatoms. The second-order valence-corrected chi connectivity index (χ2v) is 8.79. The molecule has 6 nitrogen and oxygen atoms in total. The Bertz CT molecular complexity index is 1340. The number of hydrogen-bond acceptors (Lipinski definition) is 4. The van der Waals surface area contributed by atoms with Gasteiger partial charge in [0.05, 0.1) is 17.3 Å². The minimum Gasteiger partial charge on any atom is -0.342 e. The molecule has 2 aliphatic rings. The number of anilines is 2. The Morgan fingerprint density at radius 2 is 1.84 bits per heavy atom. The first-order valence-corrected chi connectivity index (χ1v) is 11.8. The van der Waals surface area contributed by atoms with Crippen LogP contribution in [0, 0.1) is 5.82 Å². The van der Waals surface area contributed by atoms with E-state index in [-0.39, 0.29) is 18.3 Å². The summed E-state index contributed by atoms with van der Waals surface area (Å²) in [6.45, 7) is 3.81. The molecule has 0 saturated carbocycles. The third kappa shape index (κ3) is 4.89. The molecule has 3 aromatic rings. The molecule has 0 aliphatic carbocycles. The summed E-state index contributed by atoms with van der Waals surface area (Å²) in [5.74, 6) is 0.0995. The van der Waals surface area contributed by atoms with E-state index < -0.39 is 35.9 Å². The number of nitrogens with one attached hydrogen (secondary N) is 1. The van der Waals surface area contributed by atoms with Gasteiger partial charge in [-0.3, -0.25) is 4.90 Å². The highest BCUT2D eigenvalue weighted by Gasteiger charge is 2.50. The van der Waals surface area contributed by atoms with E-state index in [1.54, 1.807) is 26.0 Å². The predicted molar refractivity (Wildman–Crippen MR) is 132 cm³/mol. The number of fused-ring (bicyclic) bond motifs is 3. The van der Waals surface area contributed by atoms with Crippen LogP contribution >= 0.6 is 0 Å². The van der Waals surface area contributed by atoms with Gasteiger partial charge in [-0.15, -0.1) is 0 Å². The number of amides is 2. The molecule has 2 aliphatic heterocycles. The summed E-state index contributed by atoms with van der Waals surface area (Å²) in [6.07, 6.45) is -5.18. The van der Waals surface area contributed by atoms with Gasteiger partial charge < -0.3 is 15.0 Å². The topological polar surface area (TPSA) is 60.5 Å². The lowest BCUT2D eigenvalue weighted by Crippen LogP contribution is -2.51. The second-order valence-electron chi connectivity index (χ2n) is 8.79. The smallest absolute Gasteiger partial charge is 0.342 e. The molecular formula is C27H24F4N4O2. The molecule has 3 unspecified atom stereocenters. The maximum Gasteiger partial charge on any atom is 0.416 e. The Labute approximate surface area is 211 Å². The summed E-state index contributed by atoms with van der Waals surface area (Å²) in [4.78, 5) is 21.5. The van der Waals surface area contributed by atoms with Gasteiger partial charge in [-0.05, 0) is 62.4 Å². The molecule has 2 heterocycles. The van der Waals surface area contributed by atoms with Crippen LogP contribution in [-0.4, -0.2) is 35.6 Å². The van der Waals surface area contributed by atoms with Gasteiger partial charge in [0.2, 0.25) is 0 Å². The van der Waals surface area contributed by atoms with Gasteiger partial charge in [-0.25, -0.2) is 14.2 Å². The highest BCUT2D eigenvalue weighted by molar-refractivity contribution is 6.06. The standard InChI is InChI=1S/C27H24F4N4O2/c1-3-34(26(36)32-19-8-6-7-17(15-19)27(29,30)31)16(2)24-33-22-10-5-4-9-21(22)23-25(37-23)35(24)20-13-11-18(28)12-14-20/h4-16,23,25H,3H2,1-2H3,(H,32,36). The van der Waals surface area contributed by atoms with Crippen molar-refractivity contribution >= 4 is 28.9 Å². The van der Waals surface area contributed by atoms with E-state index in [2.05, 4.69) is 5.32 Å². The van der Waals surface area contributed by atoms with Crippen molar-refractivity contribution in [2.45, 2.75) is 38.4 Å². The number of likely N-dealkylation sites (N-methyl/N-ethyl adjacent to an activating group) is 1. The Morgan fingerprint density at radius 3 is 2.54 bits per heavy atom. The Balaban J connectivity index is 1.49. The van der Waals surface area contributed by atoms with Crippen molar-refractivity contribution in [1.82, 2.24) is 4.90 Å². The normalized spacial score (nSPS) is 19.2. The number of para-hydroxylation sites is 1. The van der Waals surface area contributed by atoms with Crippen LogP contribution in [0.15, 0.2) is 77.8 Å². The number of halogens is 4. The molecule has 2 amide bonds. The molecule has 5 rings (SSSR count). The van der Waals surface area contributed by atoms with E-state index in [0.717, 1.165) is 17.7 Å². The van der Waals surface area contributed by atoms with Crippen LogP contribution in [0.4, 0.5) is 39.4 Å². The van der Waals surface area contributed by atoms with Gasteiger partial charge in [0.1, 0.15) is 17.8 Å². The van der Waals surface area contributed by atoms with Crippen molar-refractivity contribution in [3.05, 3.63) is 89.7 Å². The minimum absolute atomic E-state index is 0.0274. The first kappa shape index (κ1) is 24.8. The summed E-state index contributed by atoms with van der Waals surface area (Å²) < 4.78 is 59.2. The monoisotopic (exact) mass is 512 g/mol. The number of carbonyl (C=O) groups is 1. The zero-order valence-corrected chi connectivity index (χ0v) is 20.0. The number of hydrogen-bond donors (Lipinski definition) is 1. The lowest BCUT2D eigenvalue weighted by molar-refractivity contribution is -0.137. The Kier molecular flexibility index (Phi) is 6.36. The first-order chi connectivity index (χ1) is 17.7. The van der Waals surface area contributed by atoms with Crippen molar-refractivity contribution in [1.29, 1.82) is 0 Å². The van der Waals surface area contributed by atoms with E-state index in [1.807, 2.05) is 29.2 Å². The largest absolute Gasteiger partial charge is 0.416 e. The van der Waals surface area contributed by atoms with E-state index in [0.29, 0.717) is 17.2 Å². The molecule has 3 aromatic carbocycles. The summed E-state index contributed by atoms with van der Waals surface area (Å²) in [7, 11) is 0. The Hall–Kier alpha value is -3.92. The van der Waals surface area contributed by atoms with E-state index in [9.17, 15) is 22.4 Å². The van der Waals surface area contributed by atoms with Crippen molar-refractivity contribution in [3.63, 3.8) is 0 Å². The third-order valence-electron chi connectivity index (χ3n) is 6.44. The van der Waals surface area contributed by atoms with Crippen LogP contribution in [-0.2, 0) is 10.9 Å². The van der Waals surface area contributed by atoms with Crippen LogP contribution < -0.4 is 10.2 Å². The zero-order chi connectivity index (χ0) is 26.3. The fraction of sp³-hybridized carbons (Fsp3) is 0.259. The van der Waals surface area contributed by atoms with Gasteiger partial charge in [-0.1, -0.05) is 24.3 Å². The molecule has 1 fully saturated rings. The van der Waals surface area contributed by atoms with Crippen LogP contribution in [0.25, 0.3) is 0 Å².